The predicted molar refractivity (Wildman–Crippen MR) is 62.7 cm³/mol. The minimum Gasteiger partial charge on any atom is -0.459 e. The average Bonchev–Trinajstić information content (AvgIpc) is 2.55. The van der Waals surface area contributed by atoms with Crippen LogP contribution in [-0.2, 0) is 0 Å². The van der Waals surface area contributed by atoms with Crippen molar-refractivity contribution in [1.82, 2.24) is 0 Å². The Bertz CT molecular complexity index is 516. The lowest BCUT2D eigenvalue weighted by atomic mass is 9.99. The number of rotatable bonds is 2. The largest absolute Gasteiger partial charge is 0.459 e. The van der Waals surface area contributed by atoms with Gasteiger partial charge in [0.15, 0.2) is 0 Å². The molecule has 0 unspecified atom stereocenters. The Morgan fingerprint density at radius 2 is 2.00 bits per heavy atom. The molecule has 3 heteroatoms. The van der Waals surface area contributed by atoms with E-state index in [2.05, 4.69) is 0 Å². The number of hydrogen-bond acceptors (Lipinski definition) is 2. The highest BCUT2D eigenvalue weighted by Gasteiger charge is 2.19. The lowest BCUT2D eigenvalue weighted by Gasteiger charge is -2.13. The minimum atomic E-state index is -0.249. The molecule has 1 aromatic heterocycles. The second kappa shape index (κ2) is 3.91. The molecule has 0 fully saturated rings. The van der Waals surface area contributed by atoms with Crippen molar-refractivity contribution < 1.29 is 8.81 Å². The quantitative estimate of drug-likeness (QED) is 0.842. The van der Waals surface area contributed by atoms with E-state index in [-0.39, 0.29) is 11.9 Å². The van der Waals surface area contributed by atoms with E-state index in [4.69, 9.17) is 10.2 Å². The molecule has 0 saturated carbocycles. The van der Waals surface area contributed by atoms with Crippen LogP contribution in [0.2, 0.25) is 0 Å². The molecule has 1 heterocycles. The number of aryl methyl sites for hydroxylation is 1. The summed E-state index contributed by atoms with van der Waals surface area (Å²) in [5.74, 6) is 0.806. The van der Waals surface area contributed by atoms with Gasteiger partial charge >= 0.3 is 0 Å². The van der Waals surface area contributed by atoms with E-state index in [0.717, 1.165) is 16.7 Å². The molecule has 0 bridgehead atoms. The Hall–Kier alpha value is -1.35. The van der Waals surface area contributed by atoms with Crippen LogP contribution in [0.5, 0.6) is 0 Å². The van der Waals surface area contributed by atoms with Gasteiger partial charge in [0.2, 0.25) is 0 Å². The van der Waals surface area contributed by atoms with E-state index >= 15 is 0 Å². The summed E-state index contributed by atoms with van der Waals surface area (Å²) in [6.07, 6.45) is 0. The molecule has 0 aliphatic heterocycles. The molecule has 0 aliphatic carbocycles. The molecule has 86 valence electrons. The number of fused-ring (bicyclic) bond motifs is 1. The van der Waals surface area contributed by atoms with Gasteiger partial charge in [0.25, 0.3) is 0 Å². The molecule has 0 radical (unpaired) electrons. The lowest BCUT2D eigenvalue weighted by molar-refractivity contribution is 0.415. The zero-order chi connectivity index (χ0) is 11.9. The highest BCUT2D eigenvalue weighted by molar-refractivity contribution is 5.82. The summed E-state index contributed by atoms with van der Waals surface area (Å²) >= 11 is 0. The SMILES string of the molecule is Cc1c([C@H](N)C(C)C)oc2ccc(F)cc12. The zero-order valence-corrected chi connectivity index (χ0v) is 9.75. The Morgan fingerprint density at radius 1 is 1.31 bits per heavy atom. The molecule has 1 atom stereocenters. The molecule has 2 aromatic rings. The van der Waals surface area contributed by atoms with Gasteiger partial charge in [-0.05, 0) is 31.0 Å². The third kappa shape index (κ3) is 1.71. The van der Waals surface area contributed by atoms with Gasteiger partial charge in [-0.1, -0.05) is 13.8 Å². The number of hydrogen-bond donors (Lipinski definition) is 1. The van der Waals surface area contributed by atoms with Crippen LogP contribution in [0.15, 0.2) is 22.6 Å². The third-order valence-electron chi connectivity index (χ3n) is 2.96. The van der Waals surface area contributed by atoms with E-state index in [1.807, 2.05) is 20.8 Å². The molecular weight excluding hydrogens is 205 g/mol. The molecule has 0 saturated heterocycles. The van der Waals surface area contributed by atoms with E-state index in [1.165, 1.54) is 12.1 Å². The van der Waals surface area contributed by atoms with Crippen LogP contribution in [0.3, 0.4) is 0 Å². The number of halogens is 1. The van der Waals surface area contributed by atoms with Crippen molar-refractivity contribution in [2.24, 2.45) is 11.7 Å². The van der Waals surface area contributed by atoms with Crippen molar-refractivity contribution in [3.63, 3.8) is 0 Å². The smallest absolute Gasteiger partial charge is 0.134 e. The van der Waals surface area contributed by atoms with Gasteiger partial charge < -0.3 is 10.2 Å². The first-order valence-electron chi connectivity index (χ1n) is 5.45. The maximum Gasteiger partial charge on any atom is 0.134 e. The van der Waals surface area contributed by atoms with Gasteiger partial charge in [-0.2, -0.15) is 0 Å². The fourth-order valence-corrected chi connectivity index (χ4v) is 1.83. The van der Waals surface area contributed by atoms with E-state index < -0.39 is 0 Å². The molecule has 2 rings (SSSR count). The summed E-state index contributed by atoms with van der Waals surface area (Å²) in [7, 11) is 0. The predicted octanol–water partition coefficient (Wildman–Crippen LogP) is 3.54. The number of furan rings is 1. The van der Waals surface area contributed by atoms with Crippen LogP contribution in [0.25, 0.3) is 11.0 Å². The molecule has 0 aliphatic rings. The summed E-state index contributed by atoms with van der Waals surface area (Å²) < 4.78 is 18.8. The second-order valence-electron chi connectivity index (χ2n) is 4.50. The van der Waals surface area contributed by atoms with Crippen LogP contribution >= 0.6 is 0 Å². The van der Waals surface area contributed by atoms with E-state index in [1.54, 1.807) is 6.07 Å². The first-order chi connectivity index (χ1) is 7.50. The molecule has 2 N–H and O–H groups in total. The van der Waals surface area contributed by atoms with Crippen LogP contribution in [0, 0.1) is 18.7 Å². The number of benzene rings is 1. The normalized spacial score (nSPS) is 13.6. The molecule has 0 amide bonds. The Kier molecular flexibility index (Phi) is 2.72. The van der Waals surface area contributed by atoms with Crippen molar-refractivity contribution in [2.45, 2.75) is 26.8 Å². The number of nitrogens with two attached hydrogens (primary N) is 1. The fraction of sp³-hybridized carbons (Fsp3) is 0.385. The van der Waals surface area contributed by atoms with Crippen LogP contribution in [0.4, 0.5) is 4.39 Å². The monoisotopic (exact) mass is 221 g/mol. The van der Waals surface area contributed by atoms with Gasteiger partial charge in [0.1, 0.15) is 17.2 Å². The molecule has 1 aromatic carbocycles. The maximum atomic E-state index is 13.1. The van der Waals surface area contributed by atoms with Gasteiger partial charge in [0, 0.05) is 10.9 Å². The zero-order valence-electron chi connectivity index (χ0n) is 9.75. The summed E-state index contributed by atoms with van der Waals surface area (Å²) in [6, 6.07) is 4.39. The highest BCUT2D eigenvalue weighted by atomic mass is 19.1. The maximum absolute atomic E-state index is 13.1. The van der Waals surface area contributed by atoms with Crippen molar-refractivity contribution in [3.05, 3.63) is 35.3 Å². The summed E-state index contributed by atoms with van der Waals surface area (Å²) in [6.45, 7) is 6.00. The average molecular weight is 221 g/mol. The third-order valence-corrected chi connectivity index (χ3v) is 2.96. The standard InChI is InChI=1S/C13H16FNO/c1-7(2)12(15)13-8(3)10-6-9(14)4-5-11(10)16-13/h4-7,12H,15H2,1-3H3/t12-/m1/s1. The molecule has 2 nitrogen and oxygen atoms in total. The van der Waals surface area contributed by atoms with Crippen molar-refractivity contribution >= 4 is 11.0 Å². The van der Waals surface area contributed by atoms with Gasteiger partial charge in [0.05, 0.1) is 6.04 Å². The summed E-state index contributed by atoms with van der Waals surface area (Å²) in [5.41, 5.74) is 7.69. The highest BCUT2D eigenvalue weighted by Crippen LogP contribution is 2.31. The lowest BCUT2D eigenvalue weighted by Crippen LogP contribution is -2.16. The molecule has 0 spiro atoms. The van der Waals surface area contributed by atoms with E-state index in [9.17, 15) is 4.39 Å². The van der Waals surface area contributed by atoms with Crippen LogP contribution < -0.4 is 5.73 Å². The van der Waals surface area contributed by atoms with Crippen molar-refractivity contribution in [2.75, 3.05) is 0 Å². The Balaban J connectivity index is 2.60. The first-order valence-corrected chi connectivity index (χ1v) is 5.45. The van der Waals surface area contributed by atoms with Crippen molar-refractivity contribution in [3.8, 4) is 0 Å². The first kappa shape index (κ1) is 11.1. The molecule has 16 heavy (non-hydrogen) atoms. The second-order valence-corrected chi connectivity index (χ2v) is 4.50. The minimum absolute atomic E-state index is 0.143. The van der Waals surface area contributed by atoms with Gasteiger partial charge in [-0.25, -0.2) is 4.39 Å². The Morgan fingerprint density at radius 3 is 2.62 bits per heavy atom. The van der Waals surface area contributed by atoms with Crippen LogP contribution in [-0.4, -0.2) is 0 Å². The topological polar surface area (TPSA) is 39.2 Å². The Labute approximate surface area is 94.2 Å². The van der Waals surface area contributed by atoms with E-state index in [0.29, 0.717) is 11.5 Å². The molecular formula is C13H16FNO. The van der Waals surface area contributed by atoms with Gasteiger partial charge in [-0.15, -0.1) is 0 Å². The summed E-state index contributed by atoms with van der Waals surface area (Å²) in [4.78, 5) is 0. The summed E-state index contributed by atoms with van der Waals surface area (Å²) in [5, 5.41) is 0.811. The fourth-order valence-electron chi connectivity index (χ4n) is 1.83. The van der Waals surface area contributed by atoms with Crippen LogP contribution in [0.1, 0.15) is 31.2 Å². The van der Waals surface area contributed by atoms with Crippen molar-refractivity contribution in [1.29, 1.82) is 0 Å². The van der Waals surface area contributed by atoms with Gasteiger partial charge in [-0.3, -0.25) is 0 Å².